The Kier molecular flexibility index (Phi) is 2.74. The molecule has 1 rings (SSSR count). The molecule has 0 spiro atoms. The van der Waals surface area contributed by atoms with Crippen molar-refractivity contribution in [1.82, 2.24) is 0 Å². The molecule has 12 heavy (non-hydrogen) atoms. The highest BCUT2D eigenvalue weighted by Crippen LogP contribution is 2.10. The molecular formula is C8H6F2O2. The molecule has 0 bridgehead atoms. The van der Waals surface area contributed by atoms with E-state index < -0.39 is 18.5 Å². The third-order valence-electron chi connectivity index (χ3n) is 1.15. The van der Waals surface area contributed by atoms with Crippen molar-refractivity contribution in [2.45, 2.75) is 0 Å². The summed E-state index contributed by atoms with van der Waals surface area (Å²) in [6, 6.07) is 4.76. The summed E-state index contributed by atoms with van der Waals surface area (Å²) < 4.78 is 28.3. The van der Waals surface area contributed by atoms with Gasteiger partial charge in [-0.3, -0.25) is 0 Å². The topological polar surface area (TPSA) is 26.3 Å². The highest BCUT2D eigenvalue weighted by atomic mass is 19.1. The van der Waals surface area contributed by atoms with Gasteiger partial charge in [-0.2, -0.15) is 0 Å². The SMILES string of the molecule is O=C(CF)Oc1ccc(F)cc1. The highest BCUT2D eigenvalue weighted by molar-refractivity contribution is 5.73. The average molecular weight is 172 g/mol. The molecule has 64 valence electrons. The summed E-state index contributed by atoms with van der Waals surface area (Å²) in [5, 5.41) is 0. The van der Waals surface area contributed by atoms with Crippen LogP contribution in [0.1, 0.15) is 0 Å². The molecule has 0 N–H and O–H groups in total. The van der Waals surface area contributed by atoms with E-state index in [1.54, 1.807) is 0 Å². The predicted octanol–water partition coefficient (Wildman–Crippen LogP) is 1.70. The Morgan fingerprint density at radius 1 is 1.33 bits per heavy atom. The van der Waals surface area contributed by atoms with E-state index in [9.17, 15) is 13.6 Å². The Bertz CT molecular complexity index is 269. The lowest BCUT2D eigenvalue weighted by Gasteiger charge is -1.99. The van der Waals surface area contributed by atoms with E-state index >= 15 is 0 Å². The molecule has 0 saturated heterocycles. The largest absolute Gasteiger partial charge is 0.425 e. The van der Waals surface area contributed by atoms with Gasteiger partial charge in [-0.05, 0) is 24.3 Å². The van der Waals surface area contributed by atoms with E-state index in [0.717, 1.165) is 12.1 Å². The standard InChI is InChI=1S/C8H6F2O2/c9-5-8(11)12-7-3-1-6(10)2-4-7/h1-4H,5H2. The molecule has 0 fully saturated rings. The second-order valence-electron chi connectivity index (χ2n) is 2.06. The third-order valence-corrected chi connectivity index (χ3v) is 1.15. The van der Waals surface area contributed by atoms with Crippen LogP contribution >= 0.6 is 0 Å². The van der Waals surface area contributed by atoms with E-state index in [-0.39, 0.29) is 5.75 Å². The number of ether oxygens (including phenoxy) is 1. The molecule has 0 unspecified atom stereocenters. The Labute approximate surface area is 67.8 Å². The Morgan fingerprint density at radius 2 is 1.92 bits per heavy atom. The number of esters is 1. The first-order valence-corrected chi connectivity index (χ1v) is 3.24. The van der Waals surface area contributed by atoms with Crippen molar-refractivity contribution in [2.75, 3.05) is 6.67 Å². The van der Waals surface area contributed by atoms with E-state index in [1.165, 1.54) is 12.1 Å². The zero-order valence-corrected chi connectivity index (χ0v) is 6.09. The zero-order valence-electron chi connectivity index (χ0n) is 6.09. The highest BCUT2D eigenvalue weighted by Gasteiger charge is 2.02. The second kappa shape index (κ2) is 3.80. The molecule has 0 aliphatic rings. The lowest BCUT2D eigenvalue weighted by atomic mass is 10.3. The maximum atomic E-state index is 12.3. The third kappa shape index (κ3) is 2.30. The molecule has 0 heterocycles. The second-order valence-corrected chi connectivity index (χ2v) is 2.06. The smallest absolute Gasteiger partial charge is 0.342 e. The van der Waals surface area contributed by atoms with Crippen molar-refractivity contribution in [3.63, 3.8) is 0 Å². The molecule has 0 aromatic heterocycles. The average Bonchev–Trinajstić information content (AvgIpc) is 2.09. The zero-order chi connectivity index (χ0) is 8.97. The van der Waals surface area contributed by atoms with E-state index in [0.29, 0.717) is 0 Å². The number of carbonyl (C=O) groups is 1. The molecular weight excluding hydrogens is 166 g/mol. The maximum Gasteiger partial charge on any atom is 0.342 e. The quantitative estimate of drug-likeness (QED) is 0.501. The first-order chi connectivity index (χ1) is 5.72. The van der Waals surface area contributed by atoms with Gasteiger partial charge < -0.3 is 4.74 Å². The van der Waals surface area contributed by atoms with Gasteiger partial charge >= 0.3 is 5.97 Å². The number of hydrogen-bond acceptors (Lipinski definition) is 2. The van der Waals surface area contributed by atoms with Crippen molar-refractivity contribution >= 4 is 5.97 Å². The lowest BCUT2D eigenvalue weighted by molar-refractivity contribution is -0.135. The monoisotopic (exact) mass is 172 g/mol. The van der Waals surface area contributed by atoms with Crippen molar-refractivity contribution in [3.05, 3.63) is 30.1 Å². The summed E-state index contributed by atoms with van der Waals surface area (Å²) in [6.45, 7) is -1.18. The first kappa shape index (κ1) is 8.64. The summed E-state index contributed by atoms with van der Waals surface area (Å²) in [5.41, 5.74) is 0. The number of rotatable bonds is 2. The van der Waals surface area contributed by atoms with E-state index in [1.807, 2.05) is 0 Å². The number of benzene rings is 1. The summed E-state index contributed by atoms with van der Waals surface area (Å²) in [5.74, 6) is -1.28. The van der Waals surface area contributed by atoms with E-state index in [4.69, 9.17) is 0 Å². The van der Waals surface area contributed by atoms with Crippen LogP contribution in [-0.4, -0.2) is 12.6 Å². The minimum absolute atomic E-state index is 0.138. The molecule has 1 aromatic carbocycles. The number of halogens is 2. The van der Waals surface area contributed by atoms with Crippen molar-refractivity contribution in [2.24, 2.45) is 0 Å². The van der Waals surface area contributed by atoms with Crippen LogP contribution in [0.25, 0.3) is 0 Å². The molecule has 0 atom stereocenters. The summed E-state index contributed by atoms with van der Waals surface area (Å²) >= 11 is 0. The van der Waals surface area contributed by atoms with Gasteiger partial charge in [0.15, 0.2) is 6.67 Å². The van der Waals surface area contributed by atoms with Gasteiger partial charge in [-0.15, -0.1) is 0 Å². The van der Waals surface area contributed by atoms with Crippen LogP contribution in [0.15, 0.2) is 24.3 Å². The van der Waals surface area contributed by atoms with Gasteiger partial charge in [-0.25, -0.2) is 13.6 Å². The molecule has 0 aliphatic heterocycles. The van der Waals surface area contributed by atoms with Gasteiger partial charge in [0.2, 0.25) is 0 Å². The Balaban J connectivity index is 2.64. The van der Waals surface area contributed by atoms with Crippen molar-refractivity contribution in [1.29, 1.82) is 0 Å². The van der Waals surface area contributed by atoms with E-state index in [2.05, 4.69) is 4.74 Å². The normalized spacial score (nSPS) is 9.50. The Morgan fingerprint density at radius 3 is 2.42 bits per heavy atom. The summed E-state index contributed by atoms with van der Waals surface area (Å²) in [4.78, 5) is 10.4. The van der Waals surface area contributed by atoms with Crippen LogP contribution < -0.4 is 4.74 Å². The molecule has 0 aliphatic carbocycles. The minimum atomic E-state index is -1.18. The van der Waals surface area contributed by atoms with Gasteiger partial charge in [-0.1, -0.05) is 0 Å². The summed E-state index contributed by atoms with van der Waals surface area (Å²) in [7, 11) is 0. The predicted molar refractivity (Wildman–Crippen MR) is 38.0 cm³/mol. The fraction of sp³-hybridized carbons (Fsp3) is 0.125. The number of carbonyl (C=O) groups excluding carboxylic acids is 1. The molecule has 0 amide bonds. The molecule has 2 nitrogen and oxygen atoms in total. The van der Waals surface area contributed by atoms with Crippen LogP contribution in [0.4, 0.5) is 8.78 Å². The van der Waals surface area contributed by atoms with Crippen LogP contribution in [0.5, 0.6) is 5.75 Å². The van der Waals surface area contributed by atoms with Crippen LogP contribution in [0.3, 0.4) is 0 Å². The molecule has 0 radical (unpaired) electrons. The lowest BCUT2D eigenvalue weighted by Crippen LogP contribution is -2.09. The molecule has 0 saturated carbocycles. The van der Waals surface area contributed by atoms with Crippen molar-refractivity contribution in [3.8, 4) is 5.75 Å². The van der Waals surface area contributed by atoms with Crippen molar-refractivity contribution < 1.29 is 18.3 Å². The van der Waals surface area contributed by atoms with Crippen LogP contribution in [0, 0.1) is 5.82 Å². The van der Waals surface area contributed by atoms with Crippen LogP contribution in [-0.2, 0) is 4.79 Å². The fourth-order valence-corrected chi connectivity index (χ4v) is 0.661. The molecule has 1 aromatic rings. The number of hydrogen-bond donors (Lipinski definition) is 0. The number of alkyl halides is 1. The fourth-order valence-electron chi connectivity index (χ4n) is 0.661. The first-order valence-electron chi connectivity index (χ1n) is 3.24. The van der Waals surface area contributed by atoms with Crippen LogP contribution in [0.2, 0.25) is 0 Å². The summed E-state index contributed by atoms with van der Waals surface area (Å²) in [6.07, 6.45) is 0. The van der Waals surface area contributed by atoms with Gasteiger partial charge in [0.1, 0.15) is 11.6 Å². The molecule has 4 heteroatoms. The van der Waals surface area contributed by atoms with Gasteiger partial charge in [0.25, 0.3) is 0 Å². The van der Waals surface area contributed by atoms with Gasteiger partial charge in [0, 0.05) is 0 Å². The Hall–Kier alpha value is -1.45. The maximum absolute atomic E-state index is 12.3. The minimum Gasteiger partial charge on any atom is -0.425 e. The van der Waals surface area contributed by atoms with Gasteiger partial charge in [0.05, 0.1) is 0 Å².